The Morgan fingerprint density at radius 1 is 1.32 bits per heavy atom. The lowest BCUT2D eigenvalue weighted by Gasteiger charge is -2.35. The van der Waals surface area contributed by atoms with E-state index in [1.807, 2.05) is 0 Å². The number of hydrogen-bond donors (Lipinski definition) is 1. The van der Waals surface area contributed by atoms with Crippen molar-refractivity contribution in [2.45, 2.75) is 31.8 Å². The second-order valence-electron chi connectivity index (χ2n) is 5.16. The first kappa shape index (κ1) is 14.3. The molecule has 2 fully saturated rings. The summed E-state index contributed by atoms with van der Waals surface area (Å²) in [4.78, 5) is 24.6. The predicted octanol–water partition coefficient (Wildman–Crippen LogP) is 0.505. The van der Waals surface area contributed by atoms with Gasteiger partial charge in [-0.2, -0.15) is 0 Å². The lowest BCUT2D eigenvalue weighted by molar-refractivity contribution is -0.159. The summed E-state index contributed by atoms with van der Waals surface area (Å²) >= 11 is 0. The second-order valence-corrected chi connectivity index (χ2v) is 5.16. The zero-order chi connectivity index (χ0) is 13.7. The third kappa shape index (κ3) is 4.18. The van der Waals surface area contributed by atoms with Gasteiger partial charge in [-0.1, -0.05) is 0 Å². The van der Waals surface area contributed by atoms with Crippen molar-refractivity contribution >= 4 is 11.9 Å². The Morgan fingerprint density at radius 2 is 2.16 bits per heavy atom. The molecule has 1 N–H and O–H groups in total. The fourth-order valence-electron chi connectivity index (χ4n) is 2.66. The molecule has 0 aromatic carbocycles. The SMILES string of the molecule is O=C(O)CC[C@@H]1CCCN(C(=O)[C@H]2COCCO2)C1. The molecule has 0 saturated carbocycles. The fourth-order valence-corrected chi connectivity index (χ4v) is 2.66. The average molecular weight is 271 g/mol. The molecule has 2 heterocycles. The molecule has 0 spiro atoms. The molecule has 19 heavy (non-hydrogen) atoms. The van der Waals surface area contributed by atoms with E-state index in [4.69, 9.17) is 14.6 Å². The van der Waals surface area contributed by atoms with Gasteiger partial charge in [-0.15, -0.1) is 0 Å². The smallest absolute Gasteiger partial charge is 0.303 e. The van der Waals surface area contributed by atoms with Gasteiger partial charge < -0.3 is 19.5 Å². The van der Waals surface area contributed by atoms with Crippen LogP contribution in [0.5, 0.6) is 0 Å². The van der Waals surface area contributed by atoms with Gasteiger partial charge in [-0.3, -0.25) is 9.59 Å². The van der Waals surface area contributed by atoms with Crippen molar-refractivity contribution in [1.82, 2.24) is 4.90 Å². The van der Waals surface area contributed by atoms with Crippen molar-refractivity contribution in [3.05, 3.63) is 0 Å². The van der Waals surface area contributed by atoms with Crippen molar-refractivity contribution in [2.24, 2.45) is 5.92 Å². The minimum absolute atomic E-state index is 0.0141. The zero-order valence-corrected chi connectivity index (χ0v) is 11.0. The minimum Gasteiger partial charge on any atom is -0.481 e. The number of amides is 1. The van der Waals surface area contributed by atoms with Crippen molar-refractivity contribution < 1.29 is 24.2 Å². The van der Waals surface area contributed by atoms with Gasteiger partial charge in [0.2, 0.25) is 0 Å². The number of carboxylic acids is 1. The molecule has 2 aliphatic heterocycles. The van der Waals surface area contributed by atoms with Gasteiger partial charge >= 0.3 is 5.97 Å². The molecule has 6 heteroatoms. The molecule has 2 saturated heterocycles. The van der Waals surface area contributed by atoms with Crippen molar-refractivity contribution in [2.75, 3.05) is 32.9 Å². The molecule has 0 radical (unpaired) electrons. The van der Waals surface area contributed by atoms with E-state index in [0.717, 1.165) is 19.4 Å². The summed E-state index contributed by atoms with van der Waals surface area (Å²) in [5, 5.41) is 8.71. The zero-order valence-electron chi connectivity index (χ0n) is 11.0. The number of likely N-dealkylation sites (tertiary alicyclic amines) is 1. The van der Waals surface area contributed by atoms with Crippen LogP contribution in [0, 0.1) is 5.92 Å². The minimum atomic E-state index is -0.771. The van der Waals surface area contributed by atoms with Gasteiger partial charge in [0.05, 0.1) is 19.8 Å². The summed E-state index contributed by atoms with van der Waals surface area (Å²) in [5.41, 5.74) is 0. The van der Waals surface area contributed by atoms with Crippen LogP contribution in [0.25, 0.3) is 0 Å². The van der Waals surface area contributed by atoms with Crippen LogP contribution in [-0.4, -0.2) is 60.9 Å². The number of aliphatic carboxylic acids is 1. The lowest BCUT2D eigenvalue weighted by Crippen LogP contribution is -2.48. The summed E-state index contributed by atoms with van der Waals surface area (Å²) in [7, 11) is 0. The van der Waals surface area contributed by atoms with E-state index >= 15 is 0 Å². The first-order valence-electron chi connectivity index (χ1n) is 6.86. The number of carboxylic acid groups (broad SMARTS) is 1. The topological polar surface area (TPSA) is 76.1 Å². The Balaban J connectivity index is 1.82. The molecule has 0 aromatic rings. The van der Waals surface area contributed by atoms with Gasteiger partial charge in [0, 0.05) is 19.5 Å². The summed E-state index contributed by atoms with van der Waals surface area (Å²) in [6.07, 6.45) is 2.27. The van der Waals surface area contributed by atoms with E-state index in [9.17, 15) is 9.59 Å². The van der Waals surface area contributed by atoms with Crippen LogP contribution in [0.15, 0.2) is 0 Å². The highest BCUT2D eigenvalue weighted by Crippen LogP contribution is 2.22. The highest BCUT2D eigenvalue weighted by molar-refractivity contribution is 5.81. The molecule has 0 aromatic heterocycles. The number of nitrogens with zero attached hydrogens (tertiary/aromatic N) is 1. The first-order chi connectivity index (χ1) is 9.16. The van der Waals surface area contributed by atoms with Crippen LogP contribution in [0.4, 0.5) is 0 Å². The lowest BCUT2D eigenvalue weighted by atomic mass is 9.93. The monoisotopic (exact) mass is 271 g/mol. The molecule has 108 valence electrons. The number of ether oxygens (including phenoxy) is 2. The highest BCUT2D eigenvalue weighted by atomic mass is 16.6. The Kier molecular flexibility index (Phi) is 5.15. The van der Waals surface area contributed by atoms with Gasteiger partial charge in [0.25, 0.3) is 5.91 Å². The standard InChI is InChI=1S/C13H21NO5/c15-12(16)4-3-10-2-1-5-14(8-10)13(17)11-9-18-6-7-19-11/h10-11H,1-9H2,(H,15,16)/t10-,11+/m0/s1. The van der Waals surface area contributed by atoms with E-state index < -0.39 is 12.1 Å². The second kappa shape index (κ2) is 6.86. The van der Waals surface area contributed by atoms with Gasteiger partial charge in [-0.25, -0.2) is 0 Å². The average Bonchev–Trinajstić information content (AvgIpc) is 2.45. The molecule has 2 rings (SSSR count). The Morgan fingerprint density at radius 3 is 2.84 bits per heavy atom. The molecule has 0 aliphatic carbocycles. The number of carbonyl (C=O) groups excluding carboxylic acids is 1. The Bertz CT molecular complexity index is 327. The van der Waals surface area contributed by atoms with E-state index in [-0.39, 0.29) is 12.3 Å². The molecular formula is C13H21NO5. The number of hydrogen-bond acceptors (Lipinski definition) is 4. The van der Waals surface area contributed by atoms with Crippen molar-refractivity contribution in [3.63, 3.8) is 0 Å². The molecular weight excluding hydrogens is 250 g/mol. The Hall–Kier alpha value is -1.14. The highest BCUT2D eigenvalue weighted by Gasteiger charge is 2.31. The molecule has 1 amide bonds. The van der Waals surface area contributed by atoms with E-state index in [0.29, 0.717) is 38.7 Å². The Labute approximate surface area is 112 Å². The third-order valence-electron chi connectivity index (χ3n) is 3.69. The summed E-state index contributed by atoms with van der Waals surface area (Å²) in [6.45, 7) is 2.72. The number of carbonyl (C=O) groups is 2. The maximum absolute atomic E-state index is 12.2. The van der Waals surface area contributed by atoms with Crippen LogP contribution in [0.2, 0.25) is 0 Å². The van der Waals surface area contributed by atoms with Gasteiger partial charge in [-0.05, 0) is 25.2 Å². The maximum Gasteiger partial charge on any atom is 0.303 e. The number of rotatable bonds is 4. The molecule has 2 atom stereocenters. The molecule has 0 bridgehead atoms. The van der Waals surface area contributed by atoms with Crippen LogP contribution in [0.1, 0.15) is 25.7 Å². The van der Waals surface area contributed by atoms with Gasteiger partial charge in [0.1, 0.15) is 0 Å². The largest absolute Gasteiger partial charge is 0.481 e. The summed E-state index contributed by atoms with van der Waals surface area (Å²) in [6, 6.07) is 0. The molecule has 6 nitrogen and oxygen atoms in total. The van der Waals surface area contributed by atoms with Crippen molar-refractivity contribution in [3.8, 4) is 0 Å². The first-order valence-corrected chi connectivity index (χ1v) is 6.86. The summed E-state index contributed by atoms with van der Waals surface area (Å²) in [5.74, 6) is -0.495. The third-order valence-corrected chi connectivity index (χ3v) is 3.69. The quantitative estimate of drug-likeness (QED) is 0.806. The number of piperidine rings is 1. The van der Waals surface area contributed by atoms with E-state index in [1.165, 1.54) is 0 Å². The van der Waals surface area contributed by atoms with Crippen LogP contribution >= 0.6 is 0 Å². The molecule has 0 unspecified atom stereocenters. The van der Waals surface area contributed by atoms with E-state index in [1.54, 1.807) is 4.90 Å². The van der Waals surface area contributed by atoms with Gasteiger partial charge in [0.15, 0.2) is 6.10 Å². The van der Waals surface area contributed by atoms with Crippen LogP contribution in [-0.2, 0) is 19.1 Å². The fraction of sp³-hybridized carbons (Fsp3) is 0.846. The maximum atomic E-state index is 12.2. The predicted molar refractivity (Wildman–Crippen MR) is 66.7 cm³/mol. The van der Waals surface area contributed by atoms with Crippen LogP contribution in [0.3, 0.4) is 0 Å². The molecule has 2 aliphatic rings. The van der Waals surface area contributed by atoms with E-state index in [2.05, 4.69) is 0 Å². The normalized spacial score (nSPS) is 28.1. The van der Waals surface area contributed by atoms with Crippen molar-refractivity contribution in [1.29, 1.82) is 0 Å². The van der Waals surface area contributed by atoms with Crippen LogP contribution < -0.4 is 0 Å². The summed E-state index contributed by atoms with van der Waals surface area (Å²) < 4.78 is 10.7.